The summed E-state index contributed by atoms with van der Waals surface area (Å²) in [5.41, 5.74) is 7.91. The van der Waals surface area contributed by atoms with E-state index in [1.807, 2.05) is 24.5 Å². The van der Waals surface area contributed by atoms with E-state index in [9.17, 15) is 0 Å². The molecule has 0 amide bonds. The Morgan fingerprint density at radius 2 is 2.15 bits per heavy atom. The third-order valence-electron chi connectivity index (χ3n) is 4.75. The Morgan fingerprint density at radius 1 is 1.23 bits per heavy atom. The van der Waals surface area contributed by atoms with Gasteiger partial charge >= 0.3 is 0 Å². The smallest absolute Gasteiger partial charge is 0.0738 e. The van der Waals surface area contributed by atoms with Gasteiger partial charge in [0.25, 0.3) is 0 Å². The van der Waals surface area contributed by atoms with Gasteiger partial charge in [0.15, 0.2) is 0 Å². The van der Waals surface area contributed by atoms with Gasteiger partial charge in [0.05, 0.1) is 29.7 Å². The number of aromatic amines is 1. The summed E-state index contributed by atoms with van der Waals surface area (Å²) in [6.07, 6.45) is 8.08. The standard InChI is InChI=1S/C22H22N4/c1-3-5-15(4-2)22(16-6-7-17-12-23-13-18(17)10-16)25-20-8-9-21-19(11-20)14-24-26-21/h4,6-11,13-14H,3,5,12H2,1-2H3,(H,24,26)/b15-4+,25-22?. The predicted octanol–water partition coefficient (Wildman–Crippen LogP) is 5.36. The zero-order valence-corrected chi connectivity index (χ0v) is 15.2. The minimum Gasteiger partial charge on any atom is -0.288 e. The molecule has 1 aromatic heterocycles. The van der Waals surface area contributed by atoms with E-state index in [-0.39, 0.29) is 0 Å². The summed E-state index contributed by atoms with van der Waals surface area (Å²) in [5.74, 6) is 0. The Balaban J connectivity index is 1.83. The molecule has 3 aromatic rings. The molecule has 130 valence electrons. The molecule has 0 unspecified atom stereocenters. The molecule has 2 aromatic carbocycles. The first-order valence-corrected chi connectivity index (χ1v) is 9.09. The van der Waals surface area contributed by atoms with Crippen molar-refractivity contribution in [3.63, 3.8) is 0 Å². The van der Waals surface area contributed by atoms with Crippen LogP contribution in [0, 0.1) is 0 Å². The van der Waals surface area contributed by atoms with Crippen molar-refractivity contribution in [3.05, 3.63) is 70.9 Å². The van der Waals surface area contributed by atoms with E-state index < -0.39 is 0 Å². The highest BCUT2D eigenvalue weighted by Gasteiger charge is 2.13. The first-order valence-electron chi connectivity index (χ1n) is 9.09. The van der Waals surface area contributed by atoms with Crippen LogP contribution >= 0.6 is 0 Å². The minimum atomic E-state index is 0.782. The maximum Gasteiger partial charge on any atom is 0.0738 e. The summed E-state index contributed by atoms with van der Waals surface area (Å²) in [4.78, 5) is 9.41. The Hall–Kier alpha value is -3.01. The lowest BCUT2D eigenvalue weighted by molar-refractivity contribution is 0.933. The normalized spacial score (nSPS) is 14.2. The monoisotopic (exact) mass is 342 g/mol. The number of nitrogens with one attached hydrogen (secondary N) is 1. The Labute approximate surface area is 153 Å². The summed E-state index contributed by atoms with van der Waals surface area (Å²) >= 11 is 0. The van der Waals surface area contributed by atoms with Crippen molar-refractivity contribution < 1.29 is 0 Å². The number of H-pyrrole nitrogens is 1. The summed E-state index contributed by atoms with van der Waals surface area (Å²) in [5, 5.41) is 8.16. The van der Waals surface area contributed by atoms with Gasteiger partial charge in [-0.3, -0.25) is 10.1 Å². The third kappa shape index (κ3) is 3.10. The summed E-state index contributed by atoms with van der Waals surface area (Å²) in [7, 11) is 0. The number of fused-ring (bicyclic) bond motifs is 2. The molecule has 26 heavy (non-hydrogen) atoms. The van der Waals surface area contributed by atoms with Crippen LogP contribution in [-0.2, 0) is 6.54 Å². The average molecular weight is 342 g/mol. The molecule has 1 N–H and O–H groups in total. The van der Waals surface area contributed by atoms with Gasteiger partial charge in [0, 0.05) is 17.2 Å². The van der Waals surface area contributed by atoms with Gasteiger partial charge in [0.2, 0.25) is 0 Å². The quantitative estimate of drug-likeness (QED) is 0.623. The predicted molar refractivity (Wildman–Crippen MR) is 109 cm³/mol. The van der Waals surface area contributed by atoms with Crippen molar-refractivity contribution in [2.75, 3.05) is 0 Å². The second-order valence-corrected chi connectivity index (χ2v) is 6.55. The van der Waals surface area contributed by atoms with E-state index >= 15 is 0 Å². The molecular formula is C22H22N4. The fourth-order valence-corrected chi connectivity index (χ4v) is 3.37. The van der Waals surface area contributed by atoms with Crippen LogP contribution in [0.5, 0.6) is 0 Å². The second-order valence-electron chi connectivity index (χ2n) is 6.55. The number of hydrogen-bond acceptors (Lipinski definition) is 3. The highest BCUT2D eigenvalue weighted by molar-refractivity contribution is 6.14. The maximum atomic E-state index is 5.04. The molecule has 0 aliphatic carbocycles. The number of allylic oxidation sites excluding steroid dienone is 2. The van der Waals surface area contributed by atoms with Gasteiger partial charge in [-0.1, -0.05) is 31.6 Å². The van der Waals surface area contributed by atoms with E-state index in [4.69, 9.17) is 4.99 Å². The molecule has 0 fully saturated rings. The number of nitrogens with zero attached hydrogens (tertiary/aromatic N) is 3. The number of aromatic nitrogens is 2. The molecule has 0 bridgehead atoms. The summed E-state index contributed by atoms with van der Waals surface area (Å²) in [6.45, 7) is 5.08. The number of benzene rings is 2. The highest BCUT2D eigenvalue weighted by Crippen LogP contribution is 2.25. The highest BCUT2D eigenvalue weighted by atomic mass is 15.1. The van der Waals surface area contributed by atoms with Crippen LogP contribution in [0.15, 0.2) is 64.2 Å². The molecule has 0 radical (unpaired) electrons. The maximum absolute atomic E-state index is 5.04. The molecule has 0 saturated heterocycles. The molecule has 1 aliphatic rings. The summed E-state index contributed by atoms with van der Waals surface area (Å²) in [6, 6.07) is 12.7. The topological polar surface area (TPSA) is 53.4 Å². The average Bonchev–Trinajstić information content (AvgIpc) is 3.32. The Morgan fingerprint density at radius 3 is 3.00 bits per heavy atom. The minimum absolute atomic E-state index is 0.782. The van der Waals surface area contributed by atoms with E-state index in [2.05, 4.69) is 59.4 Å². The van der Waals surface area contributed by atoms with Crippen LogP contribution in [-0.4, -0.2) is 22.1 Å². The van der Waals surface area contributed by atoms with Gasteiger partial charge in [-0.25, -0.2) is 4.99 Å². The van der Waals surface area contributed by atoms with Crippen molar-refractivity contribution in [2.45, 2.75) is 33.2 Å². The molecule has 4 heteroatoms. The zero-order chi connectivity index (χ0) is 17.9. The SMILES string of the molecule is C/C=C(\CCC)C(=Nc1ccc2[nH]ncc2c1)c1ccc2c(c1)C=NC2. The van der Waals surface area contributed by atoms with Gasteiger partial charge in [-0.15, -0.1) is 0 Å². The fraction of sp³-hybridized carbons (Fsp3) is 0.227. The van der Waals surface area contributed by atoms with E-state index in [1.54, 1.807) is 0 Å². The van der Waals surface area contributed by atoms with Crippen LogP contribution in [0.2, 0.25) is 0 Å². The van der Waals surface area contributed by atoms with Crippen LogP contribution in [0.1, 0.15) is 43.4 Å². The summed E-state index contributed by atoms with van der Waals surface area (Å²) < 4.78 is 0. The van der Waals surface area contributed by atoms with Crippen molar-refractivity contribution in [3.8, 4) is 0 Å². The molecule has 0 atom stereocenters. The van der Waals surface area contributed by atoms with E-state index in [1.165, 1.54) is 16.7 Å². The molecule has 2 heterocycles. The van der Waals surface area contributed by atoms with Gasteiger partial charge in [-0.05, 0) is 54.3 Å². The Kier molecular flexibility index (Phi) is 4.48. The first kappa shape index (κ1) is 16.5. The van der Waals surface area contributed by atoms with Crippen molar-refractivity contribution in [1.29, 1.82) is 0 Å². The number of aliphatic imine (C=N–C) groups is 2. The van der Waals surface area contributed by atoms with Crippen molar-refractivity contribution in [1.82, 2.24) is 10.2 Å². The molecule has 1 aliphatic heterocycles. The van der Waals surface area contributed by atoms with Gasteiger partial charge < -0.3 is 0 Å². The number of hydrogen-bond donors (Lipinski definition) is 1. The lowest BCUT2D eigenvalue weighted by atomic mass is 9.95. The zero-order valence-electron chi connectivity index (χ0n) is 15.2. The largest absolute Gasteiger partial charge is 0.288 e. The van der Waals surface area contributed by atoms with Gasteiger partial charge in [0.1, 0.15) is 0 Å². The lowest BCUT2D eigenvalue weighted by Gasteiger charge is -2.12. The van der Waals surface area contributed by atoms with Crippen LogP contribution in [0.4, 0.5) is 5.69 Å². The fourth-order valence-electron chi connectivity index (χ4n) is 3.37. The molecular weight excluding hydrogens is 320 g/mol. The van der Waals surface area contributed by atoms with Gasteiger partial charge in [-0.2, -0.15) is 5.10 Å². The lowest BCUT2D eigenvalue weighted by Crippen LogP contribution is -2.06. The number of rotatable bonds is 5. The third-order valence-corrected chi connectivity index (χ3v) is 4.75. The second kappa shape index (κ2) is 7.08. The van der Waals surface area contributed by atoms with Crippen LogP contribution in [0.25, 0.3) is 10.9 Å². The van der Waals surface area contributed by atoms with Crippen LogP contribution in [0.3, 0.4) is 0 Å². The first-order chi connectivity index (χ1) is 12.8. The van der Waals surface area contributed by atoms with E-state index in [0.717, 1.165) is 47.3 Å². The molecule has 0 saturated carbocycles. The van der Waals surface area contributed by atoms with Crippen molar-refractivity contribution in [2.24, 2.45) is 9.98 Å². The van der Waals surface area contributed by atoms with E-state index in [0.29, 0.717) is 0 Å². The van der Waals surface area contributed by atoms with Crippen molar-refractivity contribution >= 4 is 28.5 Å². The van der Waals surface area contributed by atoms with Crippen LogP contribution < -0.4 is 0 Å². The molecule has 4 rings (SSSR count). The Bertz CT molecular complexity index is 1040. The molecule has 4 nitrogen and oxygen atoms in total. The molecule has 0 spiro atoms.